The SMILES string of the molecule is O=C(CC1CCNC1)Nc1ccccc1C(=O)NC1CC1. The van der Waals surface area contributed by atoms with E-state index in [0.29, 0.717) is 29.6 Å². The molecule has 1 unspecified atom stereocenters. The van der Waals surface area contributed by atoms with Crippen molar-refractivity contribution in [3.8, 4) is 0 Å². The topological polar surface area (TPSA) is 70.2 Å². The first kappa shape index (κ1) is 14.1. The number of amides is 2. The van der Waals surface area contributed by atoms with Crippen molar-refractivity contribution in [2.24, 2.45) is 5.92 Å². The molecule has 0 spiro atoms. The average molecular weight is 287 g/mol. The molecule has 1 aliphatic carbocycles. The van der Waals surface area contributed by atoms with Gasteiger partial charge in [0.15, 0.2) is 0 Å². The monoisotopic (exact) mass is 287 g/mol. The van der Waals surface area contributed by atoms with Crippen LogP contribution in [0, 0.1) is 5.92 Å². The zero-order valence-electron chi connectivity index (χ0n) is 12.0. The van der Waals surface area contributed by atoms with Crippen molar-refractivity contribution >= 4 is 17.5 Å². The van der Waals surface area contributed by atoms with Gasteiger partial charge in [-0.15, -0.1) is 0 Å². The molecule has 5 heteroatoms. The molecule has 1 saturated heterocycles. The third-order valence-electron chi connectivity index (χ3n) is 3.99. The highest BCUT2D eigenvalue weighted by atomic mass is 16.2. The number of rotatable bonds is 5. The maximum atomic E-state index is 12.2. The van der Waals surface area contributed by atoms with E-state index in [-0.39, 0.29) is 11.8 Å². The molecule has 0 radical (unpaired) electrons. The second kappa shape index (κ2) is 6.26. The molecular formula is C16H21N3O2. The Morgan fingerprint density at radius 2 is 2.00 bits per heavy atom. The number of para-hydroxylation sites is 1. The van der Waals surface area contributed by atoms with Crippen molar-refractivity contribution < 1.29 is 9.59 Å². The molecule has 1 aromatic carbocycles. The van der Waals surface area contributed by atoms with E-state index in [0.717, 1.165) is 32.4 Å². The van der Waals surface area contributed by atoms with Gasteiger partial charge in [-0.05, 0) is 50.4 Å². The van der Waals surface area contributed by atoms with Crippen LogP contribution in [0.2, 0.25) is 0 Å². The Kier molecular flexibility index (Phi) is 4.20. The first-order valence-corrected chi connectivity index (χ1v) is 7.63. The zero-order valence-corrected chi connectivity index (χ0v) is 12.0. The van der Waals surface area contributed by atoms with Crippen LogP contribution in [0.5, 0.6) is 0 Å². The van der Waals surface area contributed by atoms with E-state index in [9.17, 15) is 9.59 Å². The molecule has 112 valence electrons. The summed E-state index contributed by atoms with van der Waals surface area (Å²) in [6.07, 6.45) is 3.65. The summed E-state index contributed by atoms with van der Waals surface area (Å²) >= 11 is 0. The molecule has 5 nitrogen and oxygen atoms in total. The van der Waals surface area contributed by atoms with E-state index in [2.05, 4.69) is 16.0 Å². The van der Waals surface area contributed by atoms with Crippen LogP contribution in [0.15, 0.2) is 24.3 Å². The van der Waals surface area contributed by atoms with Crippen molar-refractivity contribution in [2.75, 3.05) is 18.4 Å². The van der Waals surface area contributed by atoms with E-state index in [4.69, 9.17) is 0 Å². The van der Waals surface area contributed by atoms with Crippen molar-refractivity contribution in [3.63, 3.8) is 0 Å². The van der Waals surface area contributed by atoms with Gasteiger partial charge in [0.25, 0.3) is 5.91 Å². The molecule has 1 saturated carbocycles. The first-order chi connectivity index (χ1) is 10.2. The first-order valence-electron chi connectivity index (χ1n) is 7.63. The maximum absolute atomic E-state index is 12.2. The molecule has 2 fully saturated rings. The number of carbonyl (C=O) groups is 2. The average Bonchev–Trinajstić information content (AvgIpc) is 3.13. The van der Waals surface area contributed by atoms with E-state index in [1.165, 1.54) is 0 Å². The fourth-order valence-electron chi connectivity index (χ4n) is 2.63. The summed E-state index contributed by atoms with van der Waals surface area (Å²) in [5.74, 6) is 0.281. The Morgan fingerprint density at radius 3 is 2.71 bits per heavy atom. The highest BCUT2D eigenvalue weighted by Gasteiger charge is 2.25. The number of nitrogens with one attached hydrogen (secondary N) is 3. The third kappa shape index (κ3) is 3.82. The Balaban J connectivity index is 1.63. The van der Waals surface area contributed by atoms with Crippen LogP contribution in [0.1, 0.15) is 36.0 Å². The van der Waals surface area contributed by atoms with Gasteiger partial charge in [-0.3, -0.25) is 9.59 Å². The van der Waals surface area contributed by atoms with Crippen molar-refractivity contribution in [2.45, 2.75) is 31.7 Å². The largest absolute Gasteiger partial charge is 0.349 e. The lowest BCUT2D eigenvalue weighted by Crippen LogP contribution is -2.27. The van der Waals surface area contributed by atoms with Gasteiger partial charge in [0, 0.05) is 12.5 Å². The highest BCUT2D eigenvalue weighted by molar-refractivity contribution is 6.03. The lowest BCUT2D eigenvalue weighted by atomic mass is 10.0. The smallest absolute Gasteiger partial charge is 0.253 e. The summed E-state index contributed by atoms with van der Waals surface area (Å²) in [5, 5.41) is 9.10. The molecule has 1 aromatic rings. The minimum Gasteiger partial charge on any atom is -0.349 e. The van der Waals surface area contributed by atoms with Crippen molar-refractivity contribution in [1.82, 2.24) is 10.6 Å². The van der Waals surface area contributed by atoms with E-state index < -0.39 is 0 Å². The minimum absolute atomic E-state index is 0.0182. The standard InChI is InChI=1S/C16H21N3O2/c20-15(9-11-7-8-17-10-11)19-14-4-2-1-3-13(14)16(21)18-12-5-6-12/h1-4,11-12,17H,5-10H2,(H,18,21)(H,19,20). The van der Waals surface area contributed by atoms with Crippen LogP contribution in [0.25, 0.3) is 0 Å². The maximum Gasteiger partial charge on any atom is 0.253 e. The molecule has 21 heavy (non-hydrogen) atoms. The molecule has 0 bridgehead atoms. The molecule has 3 N–H and O–H groups in total. The lowest BCUT2D eigenvalue weighted by Gasteiger charge is -2.12. The summed E-state index contributed by atoms with van der Waals surface area (Å²) in [5.41, 5.74) is 1.15. The number of benzene rings is 1. The predicted molar refractivity (Wildman–Crippen MR) is 81.2 cm³/mol. The Labute approximate surface area is 124 Å². The van der Waals surface area contributed by atoms with Gasteiger partial charge in [0.05, 0.1) is 11.3 Å². The molecule has 2 amide bonds. The third-order valence-corrected chi connectivity index (χ3v) is 3.99. The highest BCUT2D eigenvalue weighted by Crippen LogP contribution is 2.22. The molecule has 1 atom stereocenters. The fourth-order valence-corrected chi connectivity index (χ4v) is 2.63. The van der Waals surface area contributed by atoms with Gasteiger partial charge < -0.3 is 16.0 Å². The molecular weight excluding hydrogens is 266 g/mol. The van der Waals surface area contributed by atoms with Gasteiger partial charge in [-0.2, -0.15) is 0 Å². The van der Waals surface area contributed by atoms with Crippen molar-refractivity contribution in [3.05, 3.63) is 29.8 Å². The van der Waals surface area contributed by atoms with Gasteiger partial charge in [0.1, 0.15) is 0 Å². The second-order valence-electron chi connectivity index (χ2n) is 5.90. The summed E-state index contributed by atoms with van der Waals surface area (Å²) in [6.45, 7) is 1.88. The van der Waals surface area contributed by atoms with Gasteiger partial charge in [-0.1, -0.05) is 12.1 Å². The van der Waals surface area contributed by atoms with Crippen LogP contribution < -0.4 is 16.0 Å². The van der Waals surface area contributed by atoms with Crippen LogP contribution in [-0.4, -0.2) is 30.9 Å². The summed E-state index contributed by atoms with van der Waals surface area (Å²) in [7, 11) is 0. The summed E-state index contributed by atoms with van der Waals surface area (Å²) in [4.78, 5) is 24.3. The minimum atomic E-state index is -0.101. The van der Waals surface area contributed by atoms with Crippen molar-refractivity contribution in [1.29, 1.82) is 0 Å². The van der Waals surface area contributed by atoms with E-state index in [1.54, 1.807) is 12.1 Å². The Morgan fingerprint density at radius 1 is 1.19 bits per heavy atom. The number of hydrogen-bond donors (Lipinski definition) is 3. The van der Waals surface area contributed by atoms with E-state index in [1.807, 2.05) is 12.1 Å². The van der Waals surface area contributed by atoms with Crippen LogP contribution >= 0.6 is 0 Å². The quantitative estimate of drug-likeness (QED) is 0.769. The number of hydrogen-bond acceptors (Lipinski definition) is 3. The number of anilines is 1. The normalized spacial score (nSPS) is 21.0. The molecule has 2 aliphatic rings. The Bertz CT molecular complexity index is 534. The van der Waals surface area contributed by atoms with Crippen LogP contribution in [-0.2, 0) is 4.79 Å². The van der Waals surface area contributed by atoms with Gasteiger partial charge in [0.2, 0.25) is 5.91 Å². The van der Waals surface area contributed by atoms with Crippen LogP contribution in [0.4, 0.5) is 5.69 Å². The molecule has 3 rings (SSSR count). The Hall–Kier alpha value is -1.88. The lowest BCUT2D eigenvalue weighted by molar-refractivity contribution is -0.116. The van der Waals surface area contributed by atoms with E-state index >= 15 is 0 Å². The second-order valence-corrected chi connectivity index (χ2v) is 5.90. The molecule has 1 aliphatic heterocycles. The van der Waals surface area contributed by atoms with Gasteiger partial charge >= 0.3 is 0 Å². The number of carbonyl (C=O) groups excluding carboxylic acids is 2. The predicted octanol–water partition coefficient (Wildman–Crippen LogP) is 1.52. The zero-order chi connectivity index (χ0) is 14.7. The fraction of sp³-hybridized carbons (Fsp3) is 0.500. The van der Waals surface area contributed by atoms with Crippen LogP contribution in [0.3, 0.4) is 0 Å². The summed E-state index contributed by atoms with van der Waals surface area (Å²) in [6, 6.07) is 7.50. The molecule has 1 heterocycles. The molecule has 0 aromatic heterocycles. The van der Waals surface area contributed by atoms with Gasteiger partial charge in [-0.25, -0.2) is 0 Å². The summed E-state index contributed by atoms with van der Waals surface area (Å²) < 4.78 is 0.